The number of fused-ring (bicyclic) bond motifs is 3. The van der Waals surface area contributed by atoms with Crippen LogP contribution in [-0.2, 0) is 14.3 Å². The van der Waals surface area contributed by atoms with Crippen LogP contribution in [0.25, 0.3) is 11.1 Å². The molecule has 1 unspecified atom stereocenters. The van der Waals surface area contributed by atoms with Crippen LogP contribution in [0.4, 0.5) is 4.79 Å². The molecule has 3 atom stereocenters. The quantitative estimate of drug-likeness (QED) is 0.362. The van der Waals surface area contributed by atoms with Gasteiger partial charge >= 0.3 is 12.1 Å². The van der Waals surface area contributed by atoms with Gasteiger partial charge in [0.25, 0.3) is 0 Å². The smallest absolute Gasteiger partial charge is 0.407 e. The van der Waals surface area contributed by atoms with Crippen molar-refractivity contribution in [1.82, 2.24) is 10.6 Å². The van der Waals surface area contributed by atoms with Gasteiger partial charge in [-0.15, -0.1) is 0 Å². The molecule has 0 heterocycles. The highest BCUT2D eigenvalue weighted by molar-refractivity contribution is 5.89. The van der Waals surface area contributed by atoms with E-state index in [1.165, 1.54) is 6.92 Å². The fraction of sp³-hybridized carbons (Fsp3) is 0.385. The van der Waals surface area contributed by atoms with Crippen molar-refractivity contribution >= 4 is 18.0 Å². The van der Waals surface area contributed by atoms with Gasteiger partial charge in [-0.25, -0.2) is 9.59 Å². The summed E-state index contributed by atoms with van der Waals surface area (Å²) >= 11 is 0. The molecule has 2 aromatic carbocycles. The number of aliphatic hydroxyl groups excluding tert-OH is 1. The van der Waals surface area contributed by atoms with Crippen molar-refractivity contribution in [3.05, 3.63) is 59.7 Å². The fourth-order valence-corrected chi connectivity index (χ4v) is 4.25. The number of nitrogens with one attached hydrogen (secondary N) is 2. The monoisotopic (exact) mass is 479 g/mol. The van der Waals surface area contributed by atoms with Gasteiger partial charge in [0, 0.05) is 12.3 Å². The maximum absolute atomic E-state index is 12.7. The molecule has 1 aliphatic carbocycles. The molecule has 4 N–H and O–H groups in total. The van der Waals surface area contributed by atoms with Crippen molar-refractivity contribution in [2.24, 2.45) is 0 Å². The van der Waals surface area contributed by atoms with Crippen molar-refractivity contribution in [1.29, 1.82) is 5.26 Å². The number of carboxylic acids is 1. The molecule has 1 aliphatic rings. The van der Waals surface area contributed by atoms with E-state index in [0.29, 0.717) is 19.3 Å². The first-order chi connectivity index (χ1) is 16.8. The Morgan fingerprint density at radius 3 is 2.17 bits per heavy atom. The first-order valence-corrected chi connectivity index (χ1v) is 11.5. The van der Waals surface area contributed by atoms with Gasteiger partial charge in [0.15, 0.2) is 6.04 Å². The lowest BCUT2D eigenvalue weighted by molar-refractivity contribution is -0.145. The van der Waals surface area contributed by atoms with E-state index in [-0.39, 0.29) is 18.9 Å². The molecule has 3 rings (SSSR count). The third kappa shape index (κ3) is 6.37. The molecule has 0 fully saturated rings. The molecular formula is C26H29N3O6. The Morgan fingerprint density at radius 1 is 1.03 bits per heavy atom. The lowest BCUT2D eigenvalue weighted by Crippen LogP contribution is -2.54. The predicted octanol–water partition coefficient (Wildman–Crippen LogP) is 2.93. The number of amides is 2. The minimum Gasteiger partial charge on any atom is -0.480 e. The normalized spacial score (nSPS) is 14.5. The van der Waals surface area contributed by atoms with Crippen molar-refractivity contribution < 1.29 is 29.3 Å². The Balaban J connectivity index is 1.66. The Labute approximate surface area is 203 Å². The van der Waals surface area contributed by atoms with Crippen LogP contribution in [0.5, 0.6) is 0 Å². The van der Waals surface area contributed by atoms with Gasteiger partial charge < -0.3 is 25.6 Å². The van der Waals surface area contributed by atoms with Gasteiger partial charge in [0.2, 0.25) is 5.91 Å². The van der Waals surface area contributed by atoms with Crippen molar-refractivity contribution in [3.8, 4) is 17.2 Å². The van der Waals surface area contributed by atoms with Gasteiger partial charge in [-0.2, -0.15) is 5.26 Å². The van der Waals surface area contributed by atoms with E-state index >= 15 is 0 Å². The largest absolute Gasteiger partial charge is 0.480 e. The molecule has 2 amide bonds. The lowest BCUT2D eigenvalue weighted by Gasteiger charge is -2.23. The zero-order chi connectivity index (χ0) is 25.4. The number of carbonyl (C=O) groups is 3. The Hall–Kier alpha value is -3.90. The first-order valence-electron chi connectivity index (χ1n) is 11.5. The van der Waals surface area contributed by atoms with Gasteiger partial charge in [0.1, 0.15) is 12.6 Å². The summed E-state index contributed by atoms with van der Waals surface area (Å²) in [6.45, 7) is 1.31. The maximum atomic E-state index is 12.7. The van der Waals surface area contributed by atoms with Crippen LogP contribution in [0, 0.1) is 11.3 Å². The van der Waals surface area contributed by atoms with Crippen LogP contribution >= 0.6 is 0 Å². The van der Waals surface area contributed by atoms with Crippen molar-refractivity contribution in [2.45, 2.75) is 56.7 Å². The topological polar surface area (TPSA) is 149 Å². The van der Waals surface area contributed by atoms with Crippen LogP contribution in [-0.4, -0.2) is 53.0 Å². The maximum Gasteiger partial charge on any atom is 0.407 e. The summed E-state index contributed by atoms with van der Waals surface area (Å²) in [6, 6.07) is 15.2. The fourth-order valence-electron chi connectivity index (χ4n) is 4.25. The van der Waals surface area contributed by atoms with Crippen molar-refractivity contribution in [2.75, 3.05) is 6.61 Å². The van der Waals surface area contributed by atoms with E-state index in [1.54, 1.807) is 0 Å². The molecule has 0 saturated carbocycles. The van der Waals surface area contributed by atoms with Gasteiger partial charge in [-0.3, -0.25) is 4.79 Å². The molecule has 35 heavy (non-hydrogen) atoms. The number of unbranched alkanes of at least 4 members (excludes halogenated alkanes) is 2. The number of hydrogen-bond acceptors (Lipinski definition) is 6. The Kier molecular flexibility index (Phi) is 8.81. The number of rotatable bonds is 11. The predicted molar refractivity (Wildman–Crippen MR) is 127 cm³/mol. The van der Waals surface area contributed by atoms with E-state index < -0.39 is 36.2 Å². The number of aliphatic carboxylic acids is 1. The van der Waals surface area contributed by atoms with Crippen molar-refractivity contribution in [3.63, 3.8) is 0 Å². The SMILES string of the molecule is C[C@@H](O)[C@H](NC(=O)C(CCCCC#N)NC(=O)OCC1c2ccccc2-c2ccccc21)C(=O)O. The minimum absolute atomic E-state index is 0.0635. The van der Waals surface area contributed by atoms with Gasteiger partial charge in [-0.1, -0.05) is 48.5 Å². The number of alkyl carbamates (subject to hydrolysis) is 1. The van der Waals surface area contributed by atoms with E-state index in [9.17, 15) is 24.6 Å². The average molecular weight is 480 g/mol. The summed E-state index contributed by atoms with van der Waals surface area (Å²) in [7, 11) is 0. The molecule has 9 nitrogen and oxygen atoms in total. The molecule has 0 spiro atoms. The summed E-state index contributed by atoms with van der Waals surface area (Å²) in [5.74, 6) is -2.29. The summed E-state index contributed by atoms with van der Waals surface area (Å²) in [5, 5.41) is 32.4. The summed E-state index contributed by atoms with van der Waals surface area (Å²) in [6.07, 6.45) is -0.678. The molecule has 0 saturated heterocycles. The molecule has 0 radical (unpaired) electrons. The van der Waals surface area contributed by atoms with E-state index in [1.807, 2.05) is 54.6 Å². The van der Waals surface area contributed by atoms with Crippen LogP contribution < -0.4 is 10.6 Å². The number of aliphatic hydroxyl groups is 1. The highest BCUT2D eigenvalue weighted by Crippen LogP contribution is 2.44. The molecule has 184 valence electrons. The third-order valence-corrected chi connectivity index (χ3v) is 6.03. The number of nitrogens with zero attached hydrogens (tertiary/aromatic N) is 1. The molecule has 0 aliphatic heterocycles. The van der Waals surface area contributed by atoms with E-state index in [2.05, 4.69) is 10.6 Å². The molecule has 0 aromatic heterocycles. The second-order valence-corrected chi connectivity index (χ2v) is 8.49. The minimum atomic E-state index is -1.52. The first kappa shape index (κ1) is 25.7. The van der Waals surface area contributed by atoms with Gasteiger partial charge in [-0.05, 0) is 48.4 Å². The third-order valence-electron chi connectivity index (χ3n) is 6.03. The average Bonchev–Trinajstić information content (AvgIpc) is 3.16. The van der Waals surface area contributed by atoms with Gasteiger partial charge in [0.05, 0.1) is 12.2 Å². The Bertz CT molecular complexity index is 1060. The number of hydrogen-bond donors (Lipinski definition) is 4. The number of ether oxygens (including phenoxy) is 1. The van der Waals surface area contributed by atoms with E-state index in [4.69, 9.17) is 10.00 Å². The summed E-state index contributed by atoms with van der Waals surface area (Å²) < 4.78 is 5.50. The number of benzene rings is 2. The lowest BCUT2D eigenvalue weighted by atomic mass is 9.98. The molecule has 9 heteroatoms. The van der Waals surface area contributed by atoms with E-state index in [0.717, 1.165) is 22.3 Å². The number of carboxylic acid groups (broad SMARTS) is 1. The molecule has 0 bridgehead atoms. The van der Waals surface area contributed by atoms with Crippen LogP contribution in [0.3, 0.4) is 0 Å². The zero-order valence-electron chi connectivity index (χ0n) is 19.4. The number of carbonyl (C=O) groups excluding carboxylic acids is 2. The van der Waals surface area contributed by atoms with Crippen LogP contribution in [0.2, 0.25) is 0 Å². The molecule has 2 aromatic rings. The van der Waals surface area contributed by atoms with Crippen LogP contribution in [0.1, 0.15) is 49.7 Å². The highest BCUT2D eigenvalue weighted by atomic mass is 16.5. The second-order valence-electron chi connectivity index (χ2n) is 8.49. The second kappa shape index (κ2) is 12.0. The van der Waals surface area contributed by atoms with Crippen LogP contribution in [0.15, 0.2) is 48.5 Å². The standard InChI is InChI=1S/C26H29N3O6/c1-16(30)23(25(32)33)29-24(31)22(13-3-2-8-14-27)28-26(34)35-15-21-19-11-6-4-9-17(19)18-10-5-7-12-20(18)21/h4-7,9-12,16,21-23,30H,2-3,8,13,15H2,1H3,(H,28,34)(H,29,31)(H,32,33)/t16-,22?,23+/m1/s1. The summed E-state index contributed by atoms with van der Waals surface area (Å²) in [5.41, 5.74) is 4.27. The number of nitriles is 1. The zero-order valence-corrected chi connectivity index (χ0v) is 19.4. The Morgan fingerprint density at radius 2 is 1.63 bits per heavy atom. The highest BCUT2D eigenvalue weighted by Gasteiger charge is 2.31. The summed E-state index contributed by atoms with van der Waals surface area (Å²) in [4.78, 5) is 36.7. The molecular weight excluding hydrogens is 450 g/mol.